The van der Waals surface area contributed by atoms with E-state index in [4.69, 9.17) is 10.5 Å². The molecule has 0 aromatic heterocycles. The van der Waals surface area contributed by atoms with Crippen LogP contribution in [0.15, 0.2) is 24.3 Å². The van der Waals surface area contributed by atoms with E-state index in [0.29, 0.717) is 6.54 Å². The van der Waals surface area contributed by atoms with Crippen molar-refractivity contribution in [2.75, 3.05) is 7.11 Å². The zero-order valence-electron chi connectivity index (χ0n) is 6.92. The summed E-state index contributed by atoms with van der Waals surface area (Å²) in [5.41, 5.74) is 8.05. The van der Waals surface area contributed by atoms with Crippen molar-refractivity contribution in [1.29, 1.82) is 0 Å². The Hall–Kier alpha value is 0.616. The van der Waals surface area contributed by atoms with Crippen molar-refractivity contribution >= 4 is 0 Å². The number of nitrogens with one attached hydrogen (secondary N) is 1. The van der Waals surface area contributed by atoms with Gasteiger partial charge in [0.2, 0.25) is 0 Å². The summed E-state index contributed by atoms with van der Waals surface area (Å²) in [6.07, 6.45) is 0. The first-order valence-electron chi connectivity index (χ1n) is 3.14. The van der Waals surface area contributed by atoms with Crippen LogP contribution in [0.2, 0.25) is 0 Å². The molecule has 0 radical (unpaired) electrons. The monoisotopic (exact) mass is 175 g/mol. The van der Waals surface area contributed by atoms with Gasteiger partial charge in [0, 0.05) is 0 Å². The second-order valence-corrected chi connectivity index (χ2v) is 2.03. The largest absolute Gasteiger partial charge is 1.00 e. The molecular weight excluding hydrogens is 165 g/mol. The van der Waals surface area contributed by atoms with Crippen molar-refractivity contribution in [3.63, 3.8) is 0 Å². The van der Waals surface area contributed by atoms with Crippen LogP contribution < -0.4 is 56.1 Å². The van der Waals surface area contributed by atoms with Crippen LogP contribution in [-0.4, -0.2) is 7.11 Å². The van der Waals surface area contributed by atoms with Crippen LogP contribution in [0, 0.1) is 0 Å². The molecule has 0 unspecified atom stereocenters. The van der Waals surface area contributed by atoms with Crippen LogP contribution in [0.4, 0.5) is 0 Å². The third-order valence-electron chi connectivity index (χ3n) is 1.34. The van der Waals surface area contributed by atoms with E-state index in [0.717, 1.165) is 11.3 Å². The van der Waals surface area contributed by atoms with Crippen LogP contribution in [0.1, 0.15) is 5.56 Å². The van der Waals surface area contributed by atoms with Gasteiger partial charge in [-0.2, -0.15) is 0 Å². The number of ether oxygens (including phenoxy) is 1. The summed E-state index contributed by atoms with van der Waals surface area (Å²) in [6, 6.07) is 7.55. The predicted molar refractivity (Wildman–Crippen MR) is 41.0 cm³/mol. The molecule has 11 heavy (non-hydrogen) atoms. The Morgan fingerprint density at radius 1 is 1.45 bits per heavy atom. The van der Waals surface area contributed by atoms with E-state index in [1.807, 2.05) is 24.3 Å². The Labute approximate surface area is 110 Å². The predicted octanol–water partition coefficient (Wildman–Crippen LogP) is -0.749. The van der Waals surface area contributed by atoms with Gasteiger partial charge in [0.05, 0.1) is 7.11 Å². The number of hydrogen-bond donors (Lipinski definition) is 0. The van der Waals surface area contributed by atoms with Crippen molar-refractivity contribution in [1.82, 2.24) is 0 Å². The summed E-state index contributed by atoms with van der Waals surface area (Å²) in [5.74, 6) is 0.824. The van der Waals surface area contributed by atoms with E-state index in [1.165, 1.54) is 0 Å². The summed E-state index contributed by atoms with van der Waals surface area (Å²) in [5, 5.41) is 0. The SMILES string of the molecule is COc1cccc(C[NH-])c1.[K+]. The maximum Gasteiger partial charge on any atom is 1.00 e. The minimum absolute atomic E-state index is 0. The Morgan fingerprint density at radius 3 is 2.73 bits per heavy atom. The first-order chi connectivity index (χ1) is 4.86. The summed E-state index contributed by atoms with van der Waals surface area (Å²) in [7, 11) is 1.63. The van der Waals surface area contributed by atoms with Crippen molar-refractivity contribution in [3.05, 3.63) is 35.6 Å². The molecular formula is C8H10KNO. The first-order valence-corrected chi connectivity index (χ1v) is 3.14. The zero-order chi connectivity index (χ0) is 7.40. The summed E-state index contributed by atoms with van der Waals surface area (Å²) in [4.78, 5) is 0. The molecule has 3 heteroatoms. The van der Waals surface area contributed by atoms with Gasteiger partial charge in [0.15, 0.2) is 0 Å². The summed E-state index contributed by atoms with van der Waals surface area (Å²) in [6.45, 7) is 0.317. The first kappa shape index (κ1) is 11.6. The van der Waals surface area contributed by atoms with E-state index in [9.17, 15) is 0 Å². The second-order valence-electron chi connectivity index (χ2n) is 2.03. The van der Waals surface area contributed by atoms with Crippen molar-refractivity contribution in [2.24, 2.45) is 0 Å². The van der Waals surface area contributed by atoms with Crippen molar-refractivity contribution < 1.29 is 56.1 Å². The van der Waals surface area contributed by atoms with Crippen LogP contribution in [0.5, 0.6) is 5.75 Å². The van der Waals surface area contributed by atoms with Crippen LogP contribution in [0.3, 0.4) is 0 Å². The van der Waals surface area contributed by atoms with Gasteiger partial charge in [-0.15, -0.1) is 6.54 Å². The number of methoxy groups -OCH3 is 1. The summed E-state index contributed by atoms with van der Waals surface area (Å²) < 4.78 is 4.97. The van der Waals surface area contributed by atoms with E-state index in [1.54, 1.807) is 7.11 Å². The molecule has 0 aliphatic heterocycles. The van der Waals surface area contributed by atoms with Gasteiger partial charge < -0.3 is 10.5 Å². The topological polar surface area (TPSA) is 33.0 Å². The molecule has 0 amide bonds. The molecule has 0 spiro atoms. The van der Waals surface area contributed by atoms with Gasteiger partial charge in [-0.25, -0.2) is 0 Å². The Bertz CT molecular complexity index is 196. The van der Waals surface area contributed by atoms with E-state index in [-0.39, 0.29) is 51.4 Å². The average Bonchev–Trinajstić information content (AvgIpc) is 2.05. The molecule has 0 saturated carbocycles. The van der Waals surface area contributed by atoms with E-state index < -0.39 is 0 Å². The van der Waals surface area contributed by atoms with E-state index >= 15 is 0 Å². The molecule has 0 atom stereocenters. The third kappa shape index (κ3) is 3.69. The molecule has 0 aliphatic rings. The minimum atomic E-state index is 0. The fourth-order valence-electron chi connectivity index (χ4n) is 0.782. The van der Waals surface area contributed by atoms with Crippen LogP contribution >= 0.6 is 0 Å². The molecule has 0 saturated heterocycles. The van der Waals surface area contributed by atoms with Gasteiger partial charge in [-0.1, -0.05) is 17.7 Å². The molecule has 0 fully saturated rings. The standard InChI is InChI=1S/C8H10NO.K/c1-10-8-4-2-3-7(5-8)6-9;/h2-5,9H,6H2,1H3;/q-1;+1. The molecule has 54 valence electrons. The van der Waals surface area contributed by atoms with Gasteiger partial charge in [0.1, 0.15) is 5.75 Å². The minimum Gasteiger partial charge on any atom is -0.674 e. The second kappa shape index (κ2) is 6.17. The Balaban J connectivity index is 0.000001000. The van der Waals surface area contributed by atoms with Gasteiger partial charge in [0.25, 0.3) is 0 Å². The Kier molecular flexibility index (Phi) is 6.51. The quantitative estimate of drug-likeness (QED) is 0.545. The number of benzene rings is 1. The fraction of sp³-hybridized carbons (Fsp3) is 0.250. The fourth-order valence-corrected chi connectivity index (χ4v) is 0.782. The van der Waals surface area contributed by atoms with Crippen LogP contribution in [-0.2, 0) is 6.54 Å². The van der Waals surface area contributed by atoms with Gasteiger partial charge >= 0.3 is 51.4 Å². The maximum atomic E-state index is 7.06. The molecule has 0 aliphatic carbocycles. The van der Waals surface area contributed by atoms with Crippen molar-refractivity contribution in [2.45, 2.75) is 6.54 Å². The van der Waals surface area contributed by atoms with E-state index in [2.05, 4.69) is 0 Å². The molecule has 0 heterocycles. The van der Waals surface area contributed by atoms with Crippen LogP contribution in [0.25, 0.3) is 5.73 Å². The maximum absolute atomic E-state index is 7.06. The molecule has 1 rings (SSSR count). The number of hydrogen-bond acceptors (Lipinski definition) is 1. The average molecular weight is 175 g/mol. The Morgan fingerprint density at radius 2 is 2.18 bits per heavy atom. The van der Waals surface area contributed by atoms with Crippen molar-refractivity contribution in [3.8, 4) is 5.75 Å². The number of rotatable bonds is 2. The summed E-state index contributed by atoms with van der Waals surface area (Å²) >= 11 is 0. The molecule has 1 aromatic rings. The zero-order valence-corrected chi connectivity index (χ0v) is 10.0. The molecule has 1 N–H and O–H groups in total. The normalized spacial score (nSPS) is 8.55. The molecule has 2 nitrogen and oxygen atoms in total. The smallest absolute Gasteiger partial charge is 0.674 e. The third-order valence-corrected chi connectivity index (χ3v) is 1.34. The van der Waals surface area contributed by atoms with Gasteiger partial charge in [-0.3, -0.25) is 0 Å². The molecule has 1 aromatic carbocycles. The van der Waals surface area contributed by atoms with Gasteiger partial charge in [-0.05, 0) is 12.1 Å². The molecule has 0 bridgehead atoms.